The molecule has 22 heavy (non-hydrogen) atoms. The van der Waals surface area contributed by atoms with Gasteiger partial charge in [-0.05, 0) is 30.6 Å². The average Bonchev–Trinajstić information content (AvgIpc) is 2.56. The fourth-order valence-electron chi connectivity index (χ4n) is 2.28. The summed E-state index contributed by atoms with van der Waals surface area (Å²) in [6.45, 7) is 4.37. The van der Waals surface area contributed by atoms with Crippen LogP contribution in [0.1, 0.15) is 18.9 Å². The summed E-state index contributed by atoms with van der Waals surface area (Å²) in [6.07, 6.45) is 5.11. The van der Waals surface area contributed by atoms with E-state index in [0.29, 0.717) is 32.7 Å². The average molecular weight is 301 g/mol. The summed E-state index contributed by atoms with van der Waals surface area (Å²) in [5.74, 6) is -0.0137. The maximum absolute atomic E-state index is 11.9. The smallest absolute Gasteiger partial charge is 0.246 e. The number of carbonyl (C=O) groups is 1. The van der Waals surface area contributed by atoms with Gasteiger partial charge in [0.2, 0.25) is 5.91 Å². The van der Waals surface area contributed by atoms with E-state index >= 15 is 0 Å². The number of amides is 1. The molecule has 1 aliphatic heterocycles. The van der Waals surface area contributed by atoms with Gasteiger partial charge < -0.3 is 14.7 Å². The van der Waals surface area contributed by atoms with Gasteiger partial charge in [0.25, 0.3) is 0 Å². The first kappa shape index (κ1) is 16.5. The van der Waals surface area contributed by atoms with Crippen molar-refractivity contribution in [3.8, 4) is 0 Å². The molecule has 0 spiro atoms. The van der Waals surface area contributed by atoms with Crippen molar-refractivity contribution in [1.29, 1.82) is 0 Å². The lowest BCUT2D eigenvalue weighted by atomic mass is 10.0. The molecule has 1 aliphatic rings. The molecule has 0 bridgehead atoms. The van der Waals surface area contributed by atoms with Crippen LogP contribution in [0.4, 0.5) is 0 Å². The van der Waals surface area contributed by atoms with Gasteiger partial charge in [0.1, 0.15) is 0 Å². The van der Waals surface area contributed by atoms with Gasteiger partial charge in [-0.25, -0.2) is 0 Å². The first-order valence-electron chi connectivity index (χ1n) is 7.61. The van der Waals surface area contributed by atoms with Crippen molar-refractivity contribution in [2.24, 2.45) is 0 Å². The number of morpholine rings is 1. The minimum absolute atomic E-state index is 0.0137. The van der Waals surface area contributed by atoms with Crippen molar-refractivity contribution in [2.75, 3.05) is 26.3 Å². The molecule has 0 unspecified atom stereocenters. The highest BCUT2D eigenvalue weighted by molar-refractivity contribution is 5.87. The Kier molecular flexibility index (Phi) is 6.37. The van der Waals surface area contributed by atoms with E-state index < -0.39 is 6.10 Å². The Bertz CT molecular complexity index is 531. The molecule has 4 nitrogen and oxygen atoms in total. The molecule has 1 N–H and O–H groups in total. The first-order chi connectivity index (χ1) is 10.7. The highest BCUT2D eigenvalue weighted by atomic mass is 16.5. The molecular formula is C18H23NO3. The number of aliphatic hydroxyl groups excluding tert-OH is 1. The molecule has 0 aromatic heterocycles. The van der Waals surface area contributed by atoms with Crippen molar-refractivity contribution in [2.45, 2.75) is 19.4 Å². The minimum atomic E-state index is -0.575. The van der Waals surface area contributed by atoms with Crippen LogP contribution in [0.3, 0.4) is 0 Å². The van der Waals surface area contributed by atoms with Gasteiger partial charge in [-0.15, -0.1) is 0 Å². The molecule has 1 fully saturated rings. The summed E-state index contributed by atoms with van der Waals surface area (Å²) < 4.78 is 5.22. The maximum atomic E-state index is 11.9. The lowest BCUT2D eigenvalue weighted by Gasteiger charge is -2.25. The number of nitrogens with zero attached hydrogens (tertiary/aromatic N) is 1. The first-order valence-corrected chi connectivity index (χ1v) is 7.61. The lowest BCUT2D eigenvalue weighted by Crippen LogP contribution is -2.39. The van der Waals surface area contributed by atoms with Crippen LogP contribution in [0, 0.1) is 0 Å². The van der Waals surface area contributed by atoms with E-state index in [-0.39, 0.29) is 5.91 Å². The standard InChI is InChI=1S/C18H23NO3/c1-15(14-16-6-3-2-4-7-16)17(20)8-5-9-18(21)19-10-12-22-13-11-19/h2-7,9,14,17,20H,8,10-13H2,1H3/b9-5+,15-14+/t17-/m1/s1. The predicted octanol–water partition coefficient (Wildman–Crippen LogP) is 2.26. The van der Waals surface area contributed by atoms with E-state index in [2.05, 4.69) is 0 Å². The molecule has 0 saturated carbocycles. The quantitative estimate of drug-likeness (QED) is 0.849. The number of rotatable bonds is 5. The molecule has 0 radical (unpaired) electrons. The van der Waals surface area contributed by atoms with Crippen LogP contribution in [0.2, 0.25) is 0 Å². The number of carbonyl (C=O) groups excluding carboxylic acids is 1. The Morgan fingerprint density at radius 2 is 2.00 bits per heavy atom. The number of hydrogen-bond donors (Lipinski definition) is 1. The second-order valence-corrected chi connectivity index (χ2v) is 5.39. The number of hydrogen-bond acceptors (Lipinski definition) is 3. The highest BCUT2D eigenvalue weighted by Crippen LogP contribution is 2.12. The van der Waals surface area contributed by atoms with E-state index in [4.69, 9.17) is 4.74 Å². The Morgan fingerprint density at radius 1 is 1.32 bits per heavy atom. The molecular weight excluding hydrogens is 278 g/mol. The predicted molar refractivity (Wildman–Crippen MR) is 87.3 cm³/mol. The van der Waals surface area contributed by atoms with Crippen molar-refractivity contribution in [3.63, 3.8) is 0 Å². The highest BCUT2D eigenvalue weighted by Gasteiger charge is 2.14. The van der Waals surface area contributed by atoms with Gasteiger partial charge in [-0.1, -0.05) is 42.5 Å². The van der Waals surface area contributed by atoms with Crippen LogP contribution in [0.25, 0.3) is 6.08 Å². The Hall–Kier alpha value is -1.91. The molecule has 2 rings (SSSR count). The number of aliphatic hydroxyl groups is 1. The van der Waals surface area contributed by atoms with Gasteiger partial charge in [0, 0.05) is 13.1 Å². The number of ether oxygens (including phenoxy) is 1. The second-order valence-electron chi connectivity index (χ2n) is 5.39. The van der Waals surface area contributed by atoms with Gasteiger partial charge in [0.15, 0.2) is 0 Å². The minimum Gasteiger partial charge on any atom is -0.388 e. The fraction of sp³-hybridized carbons (Fsp3) is 0.389. The third-order valence-electron chi connectivity index (χ3n) is 3.66. The summed E-state index contributed by atoms with van der Waals surface area (Å²) in [4.78, 5) is 13.7. The van der Waals surface area contributed by atoms with Crippen molar-refractivity contribution in [3.05, 3.63) is 53.6 Å². The molecule has 4 heteroatoms. The molecule has 1 aromatic carbocycles. The summed E-state index contributed by atoms with van der Waals surface area (Å²) in [7, 11) is 0. The molecule has 0 aliphatic carbocycles. The van der Waals surface area contributed by atoms with Crippen molar-refractivity contribution >= 4 is 12.0 Å². The maximum Gasteiger partial charge on any atom is 0.246 e. The normalized spacial score (nSPS) is 17.7. The van der Waals surface area contributed by atoms with Gasteiger partial charge in [-0.2, -0.15) is 0 Å². The van der Waals surface area contributed by atoms with Crippen LogP contribution in [-0.2, 0) is 9.53 Å². The zero-order chi connectivity index (χ0) is 15.8. The van der Waals surface area contributed by atoms with E-state index in [0.717, 1.165) is 11.1 Å². The molecule has 1 saturated heterocycles. The van der Waals surface area contributed by atoms with Crippen molar-refractivity contribution < 1.29 is 14.6 Å². The Morgan fingerprint density at radius 3 is 2.68 bits per heavy atom. The van der Waals surface area contributed by atoms with Gasteiger partial charge in [-0.3, -0.25) is 4.79 Å². The molecule has 1 aromatic rings. The van der Waals surface area contributed by atoms with Crippen LogP contribution < -0.4 is 0 Å². The monoisotopic (exact) mass is 301 g/mol. The Balaban J connectivity index is 1.83. The molecule has 1 atom stereocenters. The van der Waals surface area contributed by atoms with Gasteiger partial charge in [0.05, 0.1) is 19.3 Å². The third kappa shape index (κ3) is 5.13. The van der Waals surface area contributed by atoms with Crippen LogP contribution >= 0.6 is 0 Å². The molecule has 118 valence electrons. The van der Waals surface area contributed by atoms with E-state index in [1.807, 2.05) is 43.3 Å². The van der Waals surface area contributed by atoms with Crippen LogP contribution in [0.5, 0.6) is 0 Å². The molecule has 1 heterocycles. The molecule has 1 amide bonds. The summed E-state index contributed by atoms with van der Waals surface area (Å²) in [6, 6.07) is 9.88. The Labute approximate surface area is 131 Å². The van der Waals surface area contributed by atoms with E-state index in [1.165, 1.54) is 0 Å². The van der Waals surface area contributed by atoms with Crippen LogP contribution in [0.15, 0.2) is 48.1 Å². The summed E-state index contributed by atoms with van der Waals surface area (Å²) >= 11 is 0. The topological polar surface area (TPSA) is 49.8 Å². The van der Waals surface area contributed by atoms with E-state index in [1.54, 1.807) is 17.1 Å². The third-order valence-corrected chi connectivity index (χ3v) is 3.66. The van der Waals surface area contributed by atoms with E-state index in [9.17, 15) is 9.90 Å². The lowest BCUT2D eigenvalue weighted by molar-refractivity contribution is -0.129. The largest absolute Gasteiger partial charge is 0.388 e. The summed E-state index contributed by atoms with van der Waals surface area (Å²) in [5.41, 5.74) is 1.95. The SMILES string of the molecule is C/C(=C\c1ccccc1)[C@H](O)C/C=C/C(=O)N1CCOCC1. The number of benzene rings is 1. The zero-order valence-corrected chi connectivity index (χ0v) is 12.9. The van der Waals surface area contributed by atoms with Gasteiger partial charge >= 0.3 is 0 Å². The zero-order valence-electron chi connectivity index (χ0n) is 12.9. The fourth-order valence-corrected chi connectivity index (χ4v) is 2.28. The van der Waals surface area contributed by atoms with Crippen molar-refractivity contribution in [1.82, 2.24) is 4.90 Å². The van der Waals surface area contributed by atoms with Crippen LogP contribution in [-0.4, -0.2) is 48.3 Å². The summed E-state index contributed by atoms with van der Waals surface area (Å²) in [5, 5.41) is 10.1. The second kappa shape index (κ2) is 8.51.